The summed E-state index contributed by atoms with van der Waals surface area (Å²) in [6.07, 6.45) is 0.294. The Morgan fingerprint density at radius 3 is 2.48 bits per heavy atom. The Labute approximate surface area is 155 Å². The topological polar surface area (TPSA) is 87.9 Å². The second-order valence-electron chi connectivity index (χ2n) is 5.65. The van der Waals surface area contributed by atoms with Crippen molar-refractivity contribution in [2.45, 2.75) is 26.9 Å². The van der Waals surface area contributed by atoms with E-state index in [1.54, 1.807) is 56.3 Å². The van der Waals surface area contributed by atoms with E-state index in [1.807, 2.05) is 0 Å². The molecule has 3 rings (SSSR count). The van der Waals surface area contributed by atoms with Gasteiger partial charge in [0.25, 0.3) is 0 Å². The van der Waals surface area contributed by atoms with Gasteiger partial charge >= 0.3 is 11.9 Å². The van der Waals surface area contributed by atoms with Crippen LogP contribution in [0.15, 0.2) is 47.0 Å². The van der Waals surface area contributed by atoms with Crippen molar-refractivity contribution >= 4 is 22.9 Å². The fourth-order valence-corrected chi connectivity index (χ4v) is 2.39. The number of aromatic nitrogens is 1. The summed E-state index contributed by atoms with van der Waals surface area (Å²) in [4.78, 5) is 23.0. The quantitative estimate of drug-likeness (QED) is 0.461. The average molecular weight is 369 g/mol. The monoisotopic (exact) mass is 369 g/mol. The highest BCUT2D eigenvalue weighted by Gasteiger charge is 2.12. The van der Waals surface area contributed by atoms with E-state index in [1.165, 1.54) is 0 Å². The first kappa shape index (κ1) is 18.4. The zero-order chi connectivity index (χ0) is 19.2. The van der Waals surface area contributed by atoms with Gasteiger partial charge in [0.1, 0.15) is 23.8 Å². The van der Waals surface area contributed by atoms with Crippen LogP contribution in [0.2, 0.25) is 0 Å². The predicted octanol–water partition coefficient (Wildman–Crippen LogP) is 3.90. The highest BCUT2D eigenvalue weighted by molar-refractivity contribution is 5.89. The summed E-state index contributed by atoms with van der Waals surface area (Å²) in [5.41, 5.74) is 1.59. The Bertz CT molecular complexity index is 945. The molecule has 0 aliphatic rings. The third-order valence-electron chi connectivity index (χ3n) is 3.78. The molecular formula is C20H19NO6. The second-order valence-corrected chi connectivity index (χ2v) is 5.65. The van der Waals surface area contributed by atoms with Gasteiger partial charge in [-0.2, -0.15) is 0 Å². The van der Waals surface area contributed by atoms with E-state index in [2.05, 4.69) is 5.16 Å². The van der Waals surface area contributed by atoms with Crippen molar-refractivity contribution in [2.24, 2.45) is 0 Å². The van der Waals surface area contributed by atoms with E-state index in [0.717, 1.165) is 5.39 Å². The molecule has 0 aliphatic heterocycles. The van der Waals surface area contributed by atoms with Gasteiger partial charge in [0.15, 0.2) is 5.58 Å². The molecule has 0 spiro atoms. The standard InChI is InChI=1S/C20H19NO6/c1-3-19(22)26-15-9-10-16-17(21-27-18(16)11-15)12-25-14-7-5-13(6-8-14)20(23)24-4-2/h5-11H,3-4,12H2,1-2H3. The predicted molar refractivity (Wildman–Crippen MR) is 96.7 cm³/mol. The molecule has 0 saturated carbocycles. The lowest BCUT2D eigenvalue weighted by Crippen LogP contribution is -2.05. The van der Waals surface area contributed by atoms with Gasteiger partial charge in [-0.1, -0.05) is 12.1 Å². The number of nitrogens with zero attached hydrogens (tertiary/aromatic N) is 1. The number of hydrogen-bond acceptors (Lipinski definition) is 7. The van der Waals surface area contributed by atoms with Gasteiger partial charge in [-0.05, 0) is 43.3 Å². The lowest BCUT2D eigenvalue weighted by molar-refractivity contribution is -0.134. The lowest BCUT2D eigenvalue weighted by atomic mass is 10.2. The van der Waals surface area contributed by atoms with E-state index in [9.17, 15) is 9.59 Å². The maximum Gasteiger partial charge on any atom is 0.338 e. The Morgan fingerprint density at radius 2 is 1.78 bits per heavy atom. The number of ether oxygens (including phenoxy) is 3. The summed E-state index contributed by atoms with van der Waals surface area (Å²) in [7, 11) is 0. The van der Waals surface area contributed by atoms with Crippen LogP contribution in [0.4, 0.5) is 0 Å². The van der Waals surface area contributed by atoms with Gasteiger partial charge in [0, 0.05) is 17.9 Å². The van der Waals surface area contributed by atoms with Gasteiger partial charge in [0.2, 0.25) is 0 Å². The first-order valence-electron chi connectivity index (χ1n) is 8.59. The maximum absolute atomic E-state index is 11.6. The molecule has 7 heteroatoms. The van der Waals surface area contributed by atoms with Crippen LogP contribution in [0.25, 0.3) is 11.0 Å². The van der Waals surface area contributed by atoms with Gasteiger partial charge in [-0.25, -0.2) is 4.79 Å². The van der Waals surface area contributed by atoms with Crippen LogP contribution in [-0.4, -0.2) is 23.7 Å². The fraction of sp³-hybridized carbons (Fsp3) is 0.250. The van der Waals surface area contributed by atoms with Crippen molar-refractivity contribution in [3.05, 3.63) is 53.7 Å². The van der Waals surface area contributed by atoms with Crippen molar-refractivity contribution < 1.29 is 28.3 Å². The number of esters is 2. The first-order chi connectivity index (χ1) is 13.1. The first-order valence-corrected chi connectivity index (χ1v) is 8.59. The molecule has 0 atom stereocenters. The van der Waals surface area contributed by atoms with Crippen molar-refractivity contribution in [3.8, 4) is 11.5 Å². The third-order valence-corrected chi connectivity index (χ3v) is 3.78. The number of hydrogen-bond donors (Lipinski definition) is 0. The Balaban J connectivity index is 1.66. The molecule has 7 nitrogen and oxygen atoms in total. The molecule has 27 heavy (non-hydrogen) atoms. The molecule has 0 unspecified atom stereocenters. The summed E-state index contributed by atoms with van der Waals surface area (Å²) in [5.74, 6) is 0.315. The van der Waals surface area contributed by atoms with Crippen LogP contribution in [0.3, 0.4) is 0 Å². The fourth-order valence-electron chi connectivity index (χ4n) is 2.39. The molecule has 0 bridgehead atoms. The van der Waals surface area contributed by atoms with Crippen LogP contribution in [0, 0.1) is 0 Å². The van der Waals surface area contributed by atoms with Gasteiger partial charge in [0.05, 0.1) is 12.2 Å². The summed E-state index contributed by atoms with van der Waals surface area (Å²) in [6.45, 7) is 4.01. The molecule has 0 radical (unpaired) electrons. The molecule has 2 aromatic carbocycles. The maximum atomic E-state index is 11.6. The lowest BCUT2D eigenvalue weighted by Gasteiger charge is -2.06. The van der Waals surface area contributed by atoms with Gasteiger partial charge < -0.3 is 18.7 Å². The largest absolute Gasteiger partial charge is 0.487 e. The smallest absolute Gasteiger partial charge is 0.338 e. The third kappa shape index (κ3) is 4.44. The molecule has 0 saturated heterocycles. The zero-order valence-electron chi connectivity index (χ0n) is 15.1. The van der Waals surface area contributed by atoms with Crippen molar-refractivity contribution in [1.82, 2.24) is 5.16 Å². The van der Waals surface area contributed by atoms with Crippen LogP contribution in [0.5, 0.6) is 11.5 Å². The average Bonchev–Trinajstić information content (AvgIpc) is 3.09. The van der Waals surface area contributed by atoms with Crippen molar-refractivity contribution in [3.63, 3.8) is 0 Å². The molecule has 0 aliphatic carbocycles. The molecule has 0 fully saturated rings. The Hall–Kier alpha value is -3.35. The van der Waals surface area contributed by atoms with E-state index < -0.39 is 0 Å². The van der Waals surface area contributed by atoms with E-state index >= 15 is 0 Å². The minimum Gasteiger partial charge on any atom is -0.487 e. The highest BCUT2D eigenvalue weighted by atomic mass is 16.5. The van der Waals surface area contributed by atoms with Crippen LogP contribution in [0.1, 0.15) is 36.3 Å². The molecule has 1 aromatic heterocycles. The van der Waals surface area contributed by atoms with E-state index in [4.69, 9.17) is 18.7 Å². The number of fused-ring (bicyclic) bond motifs is 1. The summed E-state index contributed by atoms with van der Waals surface area (Å²) >= 11 is 0. The minimum atomic E-state index is -0.369. The summed E-state index contributed by atoms with van der Waals surface area (Å²) in [5, 5.41) is 4.78. The van der Waals surface area contributed by atoms with Crippen LogP contribution >= 0.6 is 0 Å². The van der Waals surface area contributed by atoms with E-state index in [0.29, 0.717) is 41.4 Å². The van der Waals surface area contributed by atoms with Crippen LogP contribution in [-0.2, 0) is 16.1 Å². The molecule has 0 amide bonds. The summed E-state index contributed by atoms with van der Waals surface area (Å²) < 4.78 is 21.1. The highest BCUT2D eigenvalue weighted by Crippen LogP contribution is 2.25. The minimum absolute atomic E-state index is 0.194. The molecule has 3 aromatic rings. The Kier molecular flexibility index (Phi) is 5.71. The normalized spacial score (nSPS) is 10.6. The van der Waals surface area contributed by atoms with Crippen LogP contribution < -0.4 is 9.47 Å². The van der Waals surface area contributed by atoms with E-state index in [-0.39, 0.29) is 18.5 Å². The molecule has 0 N–H and O–H groups in total. The van der Waals surface area contributed by atoms with Gasteiger partial charge in [-0.3, -0.25) is 4.79 Å². The zero-order valence-corrected chi connectivity index (χ0v) is 15.1. The van der Waals surface area contributed by atoms with Crippen molar-refractivity contribution in [1.29, 1.82) is 0 Å². The number of benzene rings is 2. The second kappa shape index (κ2) is 8.35. The Morgan fingerprint density at radius 1 is 1.04 bits per heavy atom. The number of rotatable bonds is 7. The number of carbonyl (C=O) groups is 2. The van der Waals surface area contributed by atoms with Gasteiger partial charge in [-0.15, -0.1) is 0 Å². The van der Waals surface area contributed by atoms with Crippen molar-refractivity contribution in [2.75, 3.05) is 6.61 Å². The molecular weight excluding hydrogens is 350 g/mol. The summed E-state index contributed by atoms with van der Waals surface area (Å²) in [6, 6.07) is 11.7. The number of carbonyl (C=O) groups excluding carboxylic acids is 2. The SMILES string of the molecule is CCOC(=O)c1ccc(OCc2noc3cc(OC(=O)CC)ccc23)cc1. The molecule has 1 heterocycles. The molecule has 140 valence electrons.